The lowest BCUT2D eigenvalue weighted by Gasteiger charge is -2.27. The Bertz CT molecular complexity index is 2190. The normalized spacial score (nSPS) is 23.1. The highest BCUT2D eigenvalue weighted by Crippen LogP contribution is 2.12. The Morgan fingerprint density at radius 3 is 1.43 bits per heavy atom. The van der Waals surface area contributed by atoms with Gasteiger partial charge in [0.25, 0.3) is 0 Å². The number of carbonyl (C=O) groups excluding carboxylic acids is 9. The Labute approximate surface area is 396 Å². The first kappa shape index (κ1) is 55.4. The average Bonchev–Trinajstić information content (AvgIpc) is 3.28. The Morgan fingerprint density at radius 1 is 0.536 bits per heavy atom. The van der Waals surface area contributed by atoms with Gasteiger partial charge in [-0.3, -0.25) is 57.5 Å². The van der Waals surface area contributed by atoms with Crippen molar-refractivity contribution < 1.29 is 72.9 Å². The van der Waals surface area contributed by atoms with Crippen molar-refractivity contribution in [3.8, 4) is 0 Å². The van der Waals surface area contributed by atoms with Crippen LogP contribution in [0.1, 0.15) is 76.3 Å². The molecule has 13 N–H and O–H groups in total. The molecule has 0 radical (unpaired) electrons. The maximum absolute atomic E-state index is 14.2. The molecule has 0 aromatic heterocycles. The van der Waals surface area contributed by atoms with Gasteiger partial charge in [0.15, 0.2) is 0 Å². The van der Waals surface area contributed by atoms with Crippen LogP contribution in [0.5, 0.6) is 0 Å². The van der Waals surface area contributed by atoms with Gasteiger partial charge in [-0.25, -0.2) is 0 Å². The van der Waals surface area contributed by atoms with E-state index in [1.807, 2.05) is 0 Å². The minimum atomic E-state index is -1.93. The van der Waals surface area contributed by atoms with Gasteiger partial charge in [0.1, 0.15) is 42.3 Å². The van der Waals surface area contributed by atoms with E-state index in [2.05, 4.69) is 42.5 Å². The number of nitrogens with one attached hydrogen (secondary N) is 8. The summed E-state index contributed by atoms with van der Waals surface area (Å²) in [6, 6.07) is 5.30. The van der Waals surface area contributed by atoms with E-state index in [0.29, 0.717) is 11.1 Å². The number of nitrogens with two attached hydrogens (primary N) is 1. The zero-order valence-corrected chi connectivity index (χ0v) is 38.0. The molecule has 9 amide bonds. The van der Waals surface area contributed by atoms with E-state index in [4.69, 9.17) is 5.73 Å². The van der Waals surface area contributed by atoms with Crippen LogP contribution in [0.25, 0.3) is 0 Å². The minimum Gasteiger partial charge on any atom is -0.481 e. The van der Waals surface area contributed by atoms with E-state index in [9.17, 15) is 72.9 Å². The fourth-order valence-corrected chi connectivity index (χ4v) is 7.00. The molecule has 24 heteroatoms. The summed E-state index contributed by atoms with van der Waals surface area (Å²) in [5.74, 6) is -14.0. The first-order valence-electron chi connectivity index (χ1n) is 22.0. The molecule has 0 unspecified atom stereocenters. The number of primary amides is 1. The van der Waals surface area contributed by atoms with E-state index >= 15 is 0 Å². The first-order valence-corrected chi connectivity index (χ1v) is 22.0. The highest BCUT2D eigenvalue weighted by molar-refractivity contribution is 5.98. The summed E-state index contributed by atoms with van der Waals surface area (Å²) in [6.07, 6.45) is -4.93. The lowest BCUT2D eigenvalue weighted by atomic mass is 10.0. The Kier molecular flexibility index (Phi) is 22.2. The average molecular weight is 966 g/mol. The number of benzene rings is 2. The summed E-state index contributed by atoms with van der Waals surface area (Å²) in [6.45, 7) is 2.52. The summed E-state index contributed by atoms with van der Waals surface area (Å²) < 4.78 is 0. The molecule has 1 saturated heterocycles. The van der Waals surface area contributed by atoms with Gasteiger partial charge < -0.3 is 63.6 Å². The number of hydrogen-bond donors (Lipinski definition) is 12. The van der Waals surface area contributed by atoms with E-state index in [-0.39, 0.29) is 25.2 Å². The first-order chi connectivity index (χ1) is 32.6. The van der Waals surface area contributed by atoms with Crippen LogP contribution in [-0.4, -0.2) is 135 Å². The van der Waals surface area contributed by atoms with Gasteiger partial charge in [-0.1, -0.05) is 74.5 Å². The lowest BCUT2D eigenvalue weighted by molar-refractivity contribution is -0.141. The van der Waals surface area contributed by atoms with Crippen LogP contribution in [0.15, 0.2) is 60.7 Å². The van der Waals surface area contributed by atoms with Crippen molar-refractivity contribution in [2.24, 2.45) is 11.7 Å². The van der Waals surface area contributed by atoms with Gasteiger partial charge in [-0.05, 0) is 42.7 Å². The predicted molar refractivity (Wildman–Crippen MR) is 241 cm³/mol. The van der Waals surface area contributed by atoms with Gasteiger partial charge in [-0.2, -0.15) is 0 Å². The zero-order valence-electron chi connectivity index (χ0n) is 38.0. The quantitative estimate of drug-likeness (QED) is 0.0879. The molecule has 374 valence electrons. The van der Waals surface area contributed by atoms with Crippen molar-refractivity contribution in [1.82, 2.24) is 42.5 Å². The van der Waals surface area contributed by atoms with Crippen LogP contribution < -0.4 is 48.3 Å². The lowest BCUT2D eigenvalue weighted by Crippen LogP contribution is -2.60. The molecule has 1 aliphatic heterocycles. The van der Waals surface area contributed by atoms with Gasteiger partial charge in [0.2, 0.25) is 53.2 Å². The Balaban J connectivity index is 2.13. The van der Waals surface area contributed by atoms with E-state index in [0.717, 1.165) is 0 Å². The minimum absolute atomic E-state index is 0.0543. The van der Waals surface area contributed by atoms with Gasteiger partial charge in [0.05, 0.1) is 13.0 Å². The van der Waals surface area contributed by atoms with Crippen molar-refractivity contribution in [2.75, 3.05) is 6.54 Å². The fraction of sp³-hybridized carbons (Fsp3) is 0.467. The second-order valence-electron chi connectivity index (χ2n) is 16.7. The molecule has 1 heterocycles. The third-order valence-corrected chi connectivity index (χ3v) is 10.5. The number of aliphatic carboxylic acids is 3. The number of carboxylic acid groups (broad SMARTS) is 3. The summed E-state index contributed by atoms with van der Waals surface area (Å²) in [5, 5.41) is 47.6. The third-order valence-electron chi connectivity index (χ3n) is 10.5. The molecule has 7 atom stereocenters. The predicted octanol–water partition coefficient (Wildman–Crippen LogP) is -2.49. The topological polar surface area (TPSA) is 388 Å². The molecular weight excluding hydrogens is 907 g/mol. The Morgan fingerprint density at radius 2 is 0.957 bits per heavy atom. The zero-order chi connectivity index (χ0) is 51.2. The van der Waals surface area contributed by atoms with Crippen molar-refractivity contribution in [3.63, 3.8) is 0 Å². The third kappa shape index (κ3) is 20.2. The van der Waals surface area contributed by atoms with Crippen molar-refractivity contribution in [2.45, 2.75) is 120 Å². The van der Waals surface area contributed by atoms with Crippen LogP contribution >= 0.6 is 0 Å². The summed E-state index contributed by atoms with van der Waals surface area (Å²) in [5.41, 5.74) is 6.64. The molecule has 24 nitrogen and oxygen atoms in total. The number of rotatable bonds is 15. The van der Waals surface area contributed by atoms with E-state index in [1.54, 1.807) is 74.5 Å². The summed E-state index contributed by atoms with van der Waals surface area (Å²) in [4.78, 5) is 157. The SMILES string of the molecule is CC(C)C[C@@H]1NC(=O)CNC(=O)[C@H](CCC(=O)O)NC(=O)[C@H](CC(=O)O)NC(=O)[C@H](Cc2ccccc2)NC(=O)[C@H](Cc2ccccc2)NC(=O)CC[C@@H](C(N)=O)NC(=O)[C@H](CCC(=O)O)NC1=O. The molecule has 0 bridgehead atoms. The van der Waals surface area contributed by atoms with Crippen LogP contribution in [0, 0.1) is 5.92 Å². The van der Waals surface area contributed by atoms with Crippen LogP contribution in [-0.2, 0) is 70.4 Å². The second kappa shape index (κ2) is 27.7. The molecule has 3 rings (SSSR count). The molecule has 0 spiro atoms. The highest BCUT2D eigenvalue weighted by Gasteiger charge is 2.35. The maximum atomic E-state index is 14.2. The standard InChI is InChI=1S/C45H59N9O15/c1-24(2)19-30-42(66)52-29(15-18-37(59)60)41(65)50-27(39(46)63)13-16-34(55)48-31(20-25-9-5-3-6-10-25)43(67)53-32(21-26-11-7-4-8-12-26)44(68)54-33(22-38(61)62)45(69)51-28(14-17-36(57)58)40(64)47-23-35(56)49-30/h3-12,24,27-33H,13-23H2,1-2H3,(H2,46,63)(H,47,64)(H,48,55)(H,49,56)(H,50,65)(H,51,69)(H,52,66)(H,53,67)(H,54,68)(H,57,58)(H,59,60)(H,61,62)/t27-,28-,29-,30-,31-,32-,33-/m0/s1. The van der Waals surface area contributed by atoms with Crippen LogP contribution in [0.4, 0.5) is 0 Å². The molecule has 0 saturated carbocycles. The number of carbonyl (C=O) groups is 12. The summed E-state index contributed by atoms with van der Waals surface area (Å²) in [7, 11) is 0. The number of amides is 9. The maximum Gasteiger partial charge on any atom is 0.305 e. The van der Waals surface area contributed by atoms with Crippen molar-refractivity contribution >= 4 is 71.1 Å². The smallest absolute Gasteiger partial charge is 0.305 e. The Hall–Kier alpha value is -7.92. The van der Waals surface area contributed by atoms with Crippen LogP contribution in [0.2, 0.25) is 0 Å². The number of hydrogen-bond acceptors (Lipinski definition) is 12. The van der Waals surface area contributed by atoms with Gasteiger partial charge in [0, 0.05) is 32.1 Å². The molecule has 2 aromatic carbocycles. The van der Waals surface area contributed by atoms with Crippen molar-refractivity contribution in [3.05, 3.63) is 71.8 Å². The van der Waals surface area contributed by atoms with E-state index < -0.39 is 165 Å². The number of carboxylic acids is 3. The molecule has 0 aliphatic carbocycles. The highest BCUT2D eigenvalue weighted by atomic mass is 16.4. The second-order valence-corrected chi connectivity index (χ2v) is 16.7. The van der Waals surface area contributed by atoms with E-state index in [1.165, 1.54) is 0 Å². The molecule has 1 aliphatic rings. The van der Waals surface area contributed by atoms with Gasteiger partial charge in [-0.15, -0.1) is 0 Å². The molecule has 69 heavy (non-hydrogen) atoms. The van der Waals surface area contributed by atoms with Crippen molar-refractivity contribution in [1.29, 1.82) is 0 Å². The molecule has 1 fully saturated rings. The summed E-state index contributed by atoms with van der Waals surface area (Å²) >= 11 is 0. The largest absolute Gasteiger partial charge is 0.481 e. The molecular formula is C45H59N9O15. The fourth-order valence-electron chi connectivity index (χ4n) is 7.00. The molecule has 2 aromatic rings. The van der Waals surface area contributed by atoms with Crippen LogP contribution in [0.3, 0.4) is 0 Å². The monoisotopic (exact) mass is 965 g/mol. The van der Waals surface area contributed by atoms with Gasteiger partial charge >= 0.3 is 17.9 Å².